The van der Waals surface area contributed by atoms with E-state index in [9.17, 15) is 4.79 Å². The molecule has 25 heavy (non-hydrogen) atoms. The molecule has 1 fully saturated rings. The van der Waals surface area contributed by atoms with Crippen molar-refractivity contribution in [2.24, 2.45) is 0 Å². The smallest absolute Gasteiger partial charge is 0.272 e. The molecule has 1 aliphatic heterocycles. The number of pyridine rings is 1. The molecule has 1 aliphatic rings. The number of carbonyl (C=O) groups is 1. The van der Waals surface area contributed by atoms with Crippen LogP contribution in [0.5, 0.6) is 5.75 Å². The van der Waals surface area contributed by atoms with Gasteiger partial charge in [0.1, 0.15) is 11.4 Å². The Morgan fingerprint density at radius 1 is 1.08 bits per heavy atom. The molecule has 1 aromatic heterocycles. The molecule has 0 spiro atoms. The first-order chi connectivity index (χ1) is 12.2. The largest absolute Gasteiger partial charge is 0.497 e. The number of carbonyl (C=O) groups excluding carboxylic acids is 1. The first kappa shape index (κ1) is 17.2. The fraction of sp³-hybridized carbons (Fsp3) is 0.368. The van der Waals surface area contributed by atoms with Crippen LogP contribution >= 0.6 is 0 Å². The van der Waals surface area contributed by atoms with E-state index >= 15 is 0 Å². The normalized spacial score (nSPS) is 15.0. The molecule has 2 heterocycles. The van der Waals surface area contributed by atoms with Crippen molar-refractivity contribution in [2.75, 3.05) is 45.2 Å². The van der Waals surface area contributed by atoms with Crippen LogP contribution in [-0.2, 0) is 0 Å². The zero-order valence-corrected chi connectivity index (χ0v) is 14.7. The number of ether oxygens (including phenoxy) is 1. The highest BCUT2D eigenvalue weighted by Gasteiger charge is 2.21. The average molecular weight is 340 g/mol. The van der Waals surface area contributed by atoms with Gasteiger partial charge in [0.25, 0.3) is 5.91 Å². The fourth-order valence-electron chi connectivity index (χ4n) is 2.86. The van der Waals surface area contributed by atoms with Gasteiger partial charge in [-0.1, -0.05) is 6.92 Å². The minimum absolute atomic E-state index is 0.00625. The number of nitrogens with one attached hydrogen (secondary N) is 1. The quantitative estimate of drug-likeness (QED) is 0.907. The zero-order valence-electron chi connectivity index (χ0n) is 14.7. The second-order valence-electron chi connectivity index (χ2n) is 6.01. The molecule has 1 aromatic carbocycles. The van der Waals surface area contributed by atoms with Crippen LogP contribution < -0.4 is 10.1 Å². The summed E-state index contributed by atoms with van der Waals surface area (Å²) in [5.41, 5.74) is 2.28. The number of amides is 1. The van der Waals surface area contributed by atoms with Crippen molar-refractivity contribution >= 4 is 17.3 Å². The summed E-state index contributed by atoms with van der Waals surface area (Å²) >= 11 is 0. The summed E-state index contributed by atoms with van der Waals surface area (Å²) in [7, 11) is 1.64. The maximum Gasteiger partial charge on any atom is 0.272 e. The van der Waals surface area contributed by atoms with E-state index in [0.717, 1.165) is 49.8 Å². The molecule has 3 rings (SSSR count). The summed E-state index contributed by atoms with van der Waals surface area (Å²) in [4.78, 5) is 21.1. The number of methoxy groups -OCH3 is 1. The van der Waals surface area contributed by atoms with Gasteiger partial charge >= 0.3 is 0 Å². The fourth-order valence-corrected chi connectivity index (χ4v) is 2.86. The zero-order chi connectivity index (χ0) is 17.6. The van der Waals surface area contributed by atoms with Crippen molar-refractivity contribution < 1.29 is 9.53 Å². The number of rotatable bonds is 5. The van der Waals surface area contributed by atoms with Crippen LogP contribution in [0.2, 0.25) is 0 Å². The van der Waals surface area contributed by atoms with Gasteiger partial charge in [0.05, 0.1) is 19.0 Å². The van der Waals surface area contributed by atoms with Crippen LogP contribution in [0.1, 0.15) is 17.4 Å². The molecule has 0 radical (unpaired) electrons. The lowest BCUT2D eigenvalue weighted by Gasteiger charge is -2.33. The first-order valence-corrected chi connectivity index (χ1v) is 8.58. The monoisotopic (exact) mass is 340 g/mol. The highest BCUT2D eigenvalue weighted by Crippen LogP contribution is 2.19. The van der Waals surface area contributed by atoms with E-state index in [1.165, 1.54) is 0 Å². The van der Waals surface area contributed by atoms with Crippen molar-refractivity contribution in [3.63, 3.8) is 0 Å². The van der Waals surface area contributed by atoms with Gasteiger partial charge in [-0.3, -0.25) is 4.79 Å². The van der Waals surface area contributed by atoms with Crippen molar-refractivity contribution in [2.45, 2.75) is 6.92 Å². The summed E-state index contributed by atoms with van der Waals surface area (Å²) in [5, 5.41) is 3.26. The summed E-state index contributed by atoms with van der Waals surface area (Å²) < 4.78 is 5.15. The van der Waals surface area contributed by atoms with Crippen LogP contribution in [0.4, 0.5) is 11.4 Å². The number of anilines is 2. The van der Waals surface area contributed by atoms with Gasteiger partial charge in [-0.25, -0.2) is 4.98 Å². The second kappa shape index (κ2) is 7.98. The van der Waals surface area contributed by atoms with E-state index in [-0.39, 0.29) is 5.91 Å². The Hall–Kier alpha value is -2.60. The Bertz CT molecular complexity index is 692. The molecular weight excluding hydrogens is 316 g/mol. The Kier molecular flexibility index (Phi) is 5.50. The highest BCUT2D eigenvalue weighted by molar-refractivity contribution is 5.92. The van der Waals surface area contributed by atoms with Gasteiger partial charge in [-0.05, 0) is 42.9 Å². The molecule has 6 heteroatoms. The Morgan fingerprint density at radius 2 is 1.76 bits per heavy atom. The lowest BCUT2D eigenvalue weighted by atomic mass is 10.2. The van der Waals surface area contributed by atoms with Crippen molar-refractivity contribution in [1.82, 2.24) is 14.8 Å². The van der Waals surface area contributed by atoms with Crippen LogP contribution in [0.15, 0.2) is 42.6 Å². The maximum atomic E-state index is 12.5. The van der Waals surface area contributed by atoms with E-state index < -0.39 is 0 Å². The Balaban J connectivity index is 1.60. The molecular formula is C19H24N4O2. The van der Waals surface area contributed by atoms with Gasteiger partial charge in [0, 0.05) is 31.9 Å². The maximum absolute atomic E-state index is 12.5. The number of aromatic nitrogens is 1. The third-order valence-electron chi connectivity index (χ3n) is 4.47. The predicted octanol–water partition coefficient (Wildman–Crippen LogP) is 2.61. The molecule has 132 valence electrons. The van der Waals surface area contributed by atoms with E-state index in [1.54, 1.807) is 19.4 Å². The molecule has 0 unspecified atom stereocenters. The Morgan fingerprint density at radius 3 is 2.32 bits per heavy atom. The average Bonchev–Trinajstić information content (AvgIpc) is 2.69. The van der Waals surface area contributed by atoms with Gasteiger partial charge in [-0.15, -0.1) is 0 Å². The van der Waals surface area contributed by atoms with Crippen molar-refractivity contribution in [3.8, 4) is 5.75 Å². The Labute approximate surface area is 148 Å². The van der Waals surface area contributed by atoms with Gasteiger partial charge < -0.3 is 19.9 Å². The molecule has 0 aliphatic carbocycles. The van der Waals surface area contributed by atoms with Gasteiger partial charge in [0.2, 0.25) is 0 Å². The predicted molar refractivity (Wildman–Crippen MR) is 98.5 cm³/mol. The third kappa shape index (κ3) is 4.28. The van der Waals surface area contributed by atoms with Crippen molar-refractivity contribution in [1.29, 1.82) is 0 Å². The minimum atomic E-state index is 0.00625. The lowest BCUT2D eigenvalue weighted by molar-refractivity contribution is 0.0637. The van der Waals surface area contributed by atoms with E-state index in [1.807, 2.05) is 35.2 Å². The SMILES string of the molecule is CCN1CCN(C(=O)c2ccc(Nc3ccc(OC)cc3)cn2)CC1. The number of piperazine rings is 1. The van der Waals surface area contributed by atoms with Crippen LogP contribution in [0.3, 0.4) is 0 Å². The number of likely N-dealkylation sites (N-methyl/N-ethyl adjacent to an activating group) is 1. The van der Waals surface area contributed by atoms with Crippen LogP contribution in [0, 0.1) is 0 Å². The molecule has 0 atom stereocenters. The molecule has 1 saturated heterocycles. The van der Waals surface area contributed by atoms with E-state index in [2.05, 4.69) is 22.1 Å². The van der Waals surface area contributed by atoms with Crippen molar-refractivity contribution in [3.05, 3.63) is 48.3 Å². The summed E-state index contributed by atoms with van der Waals surface area (Å²) in [5.74, 6) is 0.819. The molecule has 1 amide bonds. The molecule has 2 aromatic rings. The van der Waals surface area contributed by atoms with Gasteiger partial charge in [0.15, 0.2) is 0 Å². The minimum Gasteiger partial charge on any atom is -0.497 e. The third-order valence-corrected chi connectivity index (χ3v) is 4.47. The summed E-state index contributed by atoms with van der Waals surface area (Å²) in [6, 6.07) is 11.3. The van der Waals surface area contributed by atoms with E-state index in [4.69, 9.17) is 4.74 Å². The number of hydrogen-bond donors (Lipinski definition) is 1. The molecule has 0 bridgehead atoms. The van der Waals surface area contributed by atoms with Crippen LogP contribution in [-0.4, -0.2) is 60.5 Å². The number of nitrogens with zero attached hydrogens (tertiary/aromatic N) is 3. The highest BCUT2D eigenvalue weighted by atomic mass is 16.5. The molecule has 6 nitrogen and oxygen atoms in total. The number of hydrogen-bond acceptors (Lipinski definition) is 5. The van der Waals surface area contributed by atoms with Gasteiger partial charge in [-0.2, -0.15) is 0 Å². The van der Waals surface area contributed by atoms with E-state index in [0.29, 0.717) is 5.69 Å². The first-order valence-electron chi connectivity index (χ1n) is 8.58. The summed E-state index contributed by atoms with van der Waals surface area (Å²) in [6.07, 6.45) is 1.69. The molecule has 0 saturated carbocycles. The standard InChI is InChI=1S/C19H24N4O2/c1-3-22-10-12-23(13-11-22)19(24)18-9-6-16(14-20-18)21-15-4-7-17(25-2)8-5-15/h4-9,14,21H,3,10-13H2,1-2H3. The van der Waals surface area contributed by atoms with Crippen LogP contribution in [0.25, 0.3) is 0 Å². The second-order valence-corrected chi connectivity index (χ2v) is 6.01. The summed E-state index contributed by atoms with van der Waals surface area (Å²) in [6.45, 7) is 6.57. The topological polar surface area (TPSA) is 57.7 Å². The lowest BCUT2D eigenvalue weighted by Crippen LogP contribution is -2.48. The molecule has 1 N–H and O–H groups in total. The number of benzene rings is 1.